The Hall–Kier alpha value is -2.80. The molecule has 3 rings (SSSR count). The maximum atomic E-state index is 13.3. The van der Waals surface area contributed by atoms with Crippen LogP contribution in [0.25, 0.3) is 0 Å². The van der Waals surface area contributed by atoms with Crippen LogP contribution in [0.15, 0.2) is 48.7 Å². The van der Waals surface area contributed by atoms with E-state index in [1.54, 1.807) is 12.3 Å². The fourth-order valence-electron chi connectivity index (χ4n) is 3.82. The van der Waals surface area contributed by atoms with Crippen LogP contribution < -0.4 is 10.6 Å². The Morgan fingerprint density at radius 2 is 2.03 bits per heavy atom. The van der Waals surface area contributed by atoms with E-state index in [2.05, 4.69) is 20.5 Å². The first-order valence-electron chi connectivity index (χ1n) is 10.4. The lowest BCUT2D eigenvalue weighted by Gasteiger charge is -2.22. The van der Waals surface area contributed by atoms with Gasteiger partial charge in [-0.05, 0) is 56.1 Å². The van der Waals surface area contributed by atoms with Crippen LogP contribution in [-0.4, -0.2) is 47.9 Å². The first kappa shape index (κ1) is 21.9. The molecule has 2 aromatic rings. The highest BCUT2D eigenvalue weighted by Crippen LogP contribution is 2.17. The van der Waals surface area contributed by atoms with Crippen molar-refractivity contribution in [2.24, 2.45) is 5.92 Å². The Balaban J connectivity index is 1.44. The van der Waals surface area contributed by atoms with E-state index in [9.17, 15) is 14.0 Å². The molecule has 2 amide bonds. The van der Waals surface area contributed by atoms with E-state index in [1.165, 1.54) is 12.1 Å². The minimum atomic E-state index is -0.286. The molecule has 1 aliphatic rings. The van der Waals surface area contributed by atoms with Gasteiger partial charge in [-0.2, -0.15) is 0 Å². The molecular formula is C23H29FN4O2. The van der Waals surface area contributed by atoms with Gasteiger partial charge in [-0.1, -0.05) is 18.2 Å². The second-order valence-corrected chi connectivity index (χ2v) is 7.93. The fraction of sp³-hybridized carbons (Fsp3) is 0.435. The Kier molecular flexibility index (Phi) is 7.90. The summed E-state index contributed by atoms with van der Waals surface area (Å²) in [5.74, 6) is -0.431. The minimum Gasteiger partial charge on any atom is -0.352 e. The molecule has 7 heteroatoms. The van der Waals surface area contributed by atoms with Gasteiger partial charge in [0, 0.05) is 31.7 Å². The molecule has 2 heterocycles. The smallest absolute Gasteiger partial charge is 0.224 e. The van der Waals surface area contributed by atoms with Crippen LogP contribution >= 0.6 is 0 Å². The van der Waals surface area contributed by atoms with Crippen molar-refractivity contribution in [3.8, 4) is 0 Å². The summed E-state index contributed by atoms with van der Waals surface area (Å²) in [5, 5.41) is 6.04. The molecule has 6 nitrogen and oxygen atoms in total. The second-order valence-electron chi connectivity index (χ2n) is 7.93. The van der Waals surface area contributed by atoms with E-state index in [-0.39, 0.29) is 29.6 Å². The number of carbonyl (C=O) groups is 2. The van der Waals surface area contributed by atoms with Gasteiger partial charge in [0.1, 0.15) is 5.82 Å². The third-order valence-electron chi connectivity index (χ3n) is 5.36. The third-order valence-corrected chi connectivity index (χ3v) is 5.36. The molecule has 0 saturated carbocycles. The van der Waals surface area contributed by atoms with Crippen molar-refractivity contribution in [3.63, 3.8) is 0 Å². The van der Waals surface area contributed by atoms with Crippen molar-refractivity contribution in [1.29, 1.82) is 0 Å². The summed E-state index contributed by atoms with van der Waals surface area (Å²) in [6.45, 7) is 1.78. The molecule has 1 saturated heterocycles. The van der Waals surface area contributed by atoms with Gasteiger partial charge in [0.05, 0.1) is 18.2 Å². The molecule has 1 fully saturated rings. The predicted molar refractivity (Wildman–Crippen MR) is 113 cm³/mol. The summed E-state index contributed by atoms with van der Waals surface area (Å²) in [6.07, 6.45) is 4.00. The number of amides is 2. The molecule has 1 aromatic carbocycles. The Bertz CT molecular complexity index is 846. The number of aromatic nitrogens is 1. The second kappa shape index (κ2) is 10.8. The van der Waals surface area contributed by atoms with Crippen molar-refractivity contribution in [2.45, 2.75) is 38.3 Å². The van der Waals surface area contributed by atoms with Gasteiger partial charge in [0.25, 0.3) is 0 Å². The van der Waals surface area contributed by atoms with Gasteiger partial charge in [0.15, 0.2) is 0 Å². The lowest BCUT2D eigenvalue weighted by atomic mass is 10.0. The quantitative estimate of drug-likeness (QED) is 0.732. The zero-order valence-corrected chi connectivity index (χ0v) is 17.3. The van der Waals surface area contributed by atoms with E-state index in [0.717, 1.165) is 17.7 Å². The van der Waals surface area contributed by atoms with Crippen LogP contribution in [-0.2, 0) is 22.6 Å². The lowest BCUT2D eigenvalue weighted by molar-refractivity contribution is -0.125. The molecule has 0 aliphatic carbocycles. The summed E-state index contributed by atoms with van der Waals surface area (Å²) in [6, 6.07) is 12.0. The molecule has 0 bridgehead atoms. The monoisotopic (exact) mass is 412 g/mol. The predicted octanol–water partition coefficient (Wildman–Crippen LogP) is 2.30. The summed E-state index contributed by atoms with van der Waals surface area (Å²) in [4.78, 5) is 31.3. The molecule has 0 radical (unpaired) electrons. The number of pyridine rings is 1. The number of hydrogen-bond acceptors (Lipinski definition) is 4. The van der Waals surface area contributed by atoms with Crippen molar-refractivity contribution in [3.05, 3.63) is 65.7 Å². The summed E-state index contributed by atoms with van der Waals surface area (Å²) < 4.78 is 13.3. The average molecular weight is 413 g/mol. The van der Waals surface area contributed by atoms with Crippen molar-refractivity contribution in [1.82, 2.24) is 20.5 Å². The number of carbonyl (C=O) groups excluding carboxylic acids is 2. The number of nitrogens with one attached hydrogen (secondary N) is 2. The number of benzene rings is 1. The van der Waals surface area contributed by atoms with Crippen LogP contribution in [0, 0.1) is 11.7 Å². The molecule has 1 aliphatic heterocycles. The molecule has 2 atom stereocenters. The normalized spacial score (nSPS) is 19.7. The van der Waals surface area contributed by atoms with Crippen LogP contribution in [0.3, 0.4) is 0 Å². The van der Waals surface area contributed by atoms with Gasteiger partial charge in [-0.25, -0.2) is 4.39 Å². The molecular weight excluding hydrogens is 383 g/mol. The maximum absolute atomic E-state index is 13.3. The van der Waals surface area contributed by atoms with Crippen LogP contribution in [0.5, 0.6) is 0 Å². The average Bonchev–Trinajstić information content (AvgIpc) is 2.92. The number of aryl methyl sites for hydroxylation is 1. The van der Waals surface area contributed by atoms with Crippen LogP contribution in [0.4, 0.5) is 4.39 Å². The molecule has 2 N–H and O–H groups in total. The largest absolute Gasteiger partial charge is 0.352 e. The highest BCUT2D eigenvalue weighted by molar-refractivity contribution is 5.79. The van der Waals surface area contributed by atoms with E-state index < -0.39 is 0 Å². The van der Waals surface area contributed by atoms with Gasteiger partial charge < -0.3 is 15.5 Å². The first-order chi connectivity index (χ1) is 14.5. The molecule has 160 valence electrons. The van der Waals surface area contributed by atoms with Gasteiger partial charge in [0.2, 0.25) is 11.8 Å². The standard InChI is InChI=1S/C23H29FN4O2/c1-28-15-18(23(30)26-14-20-7-2-3-12-25-20)9-10-21(16-28)27-22(29)11-8-17-5-4-6-19(24)13-17/h2-7,12-13,18,21H,8-11,14-16H2,1H3,(H,26,30)(H,27,29)/t18-,21+/m1/s1. The number of halogens is 1. The van der Waals surface area contributed by atoms with Gasteiger partial charge >= 0.3 is 0 Å². The van der Waals surface area contributed by atoms with Crippen molar-refractivity contribution >= 4 is 11.8 Å². The third kappa shape index (κ3) is 6.91. The highest BCUT2D eigenvalue weighted by Gasteiger charge is 2.27. The zero-order valence-electron chi connectivity index (χ0n) is 17.3. The van der Waals surface area contributed by atoms with Crippen molar-refractivity contribution in [2.75, 3.05) is 20.1 Å². The topological polar surface area (TPSA) is 74.3 Å². The molecule has 30 heavy (non-hydrogen) atoms. The minimum absolute atomic E-state index is 0.00333. The van der Waals surface area contributed by atoms with Gasteiger partial charge in [-0.15, -0.1) is 0 Å². The van der Waals surface area contributed by atoms with E-state index in [1.807, 2.05) is 31.3 Å². The molecule has 0 unspecified atom stereocenters. The van der Waals surface area contributed by atoms with E-state index >= 15 is 0 Å². The number of likely N-dealkylation sites (tertiary alicyclic amines) is 1. The Labute approximate surface area is 176 Å². The van der Waals surface area contributed by atoms with Crippen molar-refractivity contribution < 1.29 is 14.0 Å². The maximum Gasteiger partial charge on any atom is 0.224 e. The van der Waals surface area contributed by atoms with E-state index in [0.29, 0.717) is 38.9 Å². The Morgan fingerprint density at radius 1 is 1.17 bits per heavy atom. The first-order valence-corrected chi connectivity index (χ1v) is 10.4. The summed E-state index contributed by atoms with van der Waals surface area (Å²) in [5.41, 5.74) is 1.64. The number of nitrogens with zero attached hydrogens (tertiary/aromatic N) is 2. The number of likely N-dealkylation sites (N-methyl/N-ethyl adjacent to an activating group) is 1. The molecule has 1 aromatic heterocycles. The van der Waals surface area contributed by atoms with E-state index in [4.69, 9.17) is 0 Å². The van der Waals surface area contributed by atoms with Crippen LogP contribution in [0.1, 0.15) is 30.5 Å². The zero-order chi connectivity index (χ0) is 21.3. The summed E-state index contributed by atoms with van der Waals surface area (Å²) in [7, 11) is 1.97. The number of hydrogen-bond donors (Lipinski definition) is 2. The lowest BCUT2D eigenvalue weighted by Crippen LogP contribution is -2.42. The van der Waals surface area contributed by atoms with Crippen LogP contribution in [0.2, 0.25) is 0 Å². The summed E-state index contributed by atoms with van der Waals surface area (Å²) >= 11 is 0. The van der Waals surface area contributed by atoms with Gasteiger partial charge in [-0.3, -0.25) is 14.6 Å². The number of rotatable bonds is 7. The molecule has 0 spiro atoms. The Morgan fingerprint density at radius 3 is 2.80 bits per heavy atom. The SMILES string of the molecule is CN1C[C@@H](NC(=O)CCc2cccc(F)c2)CC[C@@H](C(=O)NCc2ccccn2)C1. The fourth-order valence-corrected chi connectivity index (χ4v) is 3.82. The highest BCUT2D eigenvalue weighted by atomic mass is 19.1.